The first-order chi connectivity index (χ1) is 9.66. The van der Waals surface area contributed by atoms with Crippen LogP contribution in [0.3, 0.4) is 0 Å². The van der Waals surface area contributed by atoms with Gasteiger partial charge in [-0.25, -0.2) is 0 Å². The first kappa shape index (κ1) is 20.1. The molecule has 0 aliphatic heterocycles. The lowest BCUT2D eigenvalue weighted by Crippen LogP contribution is -2.56. The molecule has 0 bridgehead atoms. The van der Waals surface area contributed by atoms with Gasteiger partial charge < -0.3 is 18.4 Å². The summed E-state index contributed by atoms with van der Waals surface area (Å²) in [5.74, 6) is 0. The average Bonchev–Trinajstić information content (AvgIpc) is 2.46. The Labute approximate surface area is 126 Å². The zero-order chi connectivity index (χ0) is 15.3. The molecule has 1 atom stereocenters. The fourth-order valence-electron chi connectivity index (χ4n) is 1.74. The maximum atomic E-state index is 10.4. The summed E-state index contributed by atoms with van der Waals surface area (Å²) in [5, 5.41) is 10.4. The van der Waals surface area contributed by atoms with Crippen LogP contribution in [0.25, 0.3) is 0 Å². The molecule has 122 valence electrons. The molecule has 0 fully saturated rings. The number of aliphatic hydroxyl groups excluding tert-OH is 1. The Kier molecular flexibility index (Phi) is 12.8. The first-order valence-electron chi connectivity index (χ1n) is 8.26. The smallest absolute Gasteiger partial charge is 0.389 e. The molecule has 0 radical (unpaired) electrons. The van der Waals surface area contributed by atoms with Crippen LogP contribution in [0, 0.1) is 0 Å². The van der Waals surface area contributed by atoms with E-state index in [2.05, 4.69) is 20.8 Å². The van der Waals surface area contributed by atoms with Gasteiger partial charge in [0.05, 0.1) is 0 Å². The fraction of sp³-hybridized carbons (Fsp3) is 1.00. The molecule has 0 aromatic carbocycles. The van der Waals surface area contributed by atoms with Crippen molar-refractivity contribution in [1.29, 1.82) is 0 Å². The van der Waals surface area contributed by atoms with Gasteiger partial charge in [-0.3, -0.25) is 0 Å². The molecule has 5 heteroatoms. The molecule has 1 unspecified atom stereocenters. The molecule has 4 nitrogen and oxygen atoms in total. The predicted octanol–water partition coefficient (Wildman–Crippen LogP) is 3.69. The normalized spacial score (nSPS) is 13.7. The molecule has 0 saturated carbocycles. The molecule has 1 N–H and O–H groups in total. The summed E-state index contributed by atoms with van der Waals surface area (Å²) in [6.07, 6.45) is 6.72. The summed E-state index contributed by atoms with van der Waals surface area (Å²) >= 11 is 0. The highest BCUT2D eigenvalue weighted by Gasteiger charge is 2.48. The maximum Gasteiger partial charge on any atom is 0.531 e. The van der Waals surface area contributed by atoms with E-state index in [4.69, 9.17) is 13.3 Å². The molecule has 0 aromatic heterocycles. The van der Waals surface area contributed by atoms with Crippen LogP contribution >= 0.6 is 0 Å². The third-order valence-electron chi connectivity index (χ3n) is 3.20. The van der Waals surface area contributed by atoms with E-state index in [0.29, 0.717) is 26.2 Å². The van der Waals surface area contributed by atoms with Crippen molar-refractivity contribution >= 4 is 8.80 Å². The van der Waals surface area contributed by atoms with Crippen molar-refractivity contribution in [3.8, 4) is 0 Å². The molecule has 0 spiro atoms. The van der Waals surface area contributed by atoms with Crippen LogP contribution in [0.2, 0.25) is 0 Å². The van der Waals surface area contributed by atoms with Gasteiger partial charge in [-0.2, -0.15) is 0 Å². The van der Waals surface area contributed by atoms with E-state index < -0.39 is 14.5 Å². The summed E-state index contributed by atoms with van der Waals surface area (Å²) in [7, 11) is -2.96. The Morgan fingerprint density at radius 1 is 0.750 bits per heavy atom. The van der Waals surface area contributed by atoms with Gasteiger partial charge in [-0.1, -0.05) is 47.0 Å². The highest BCUT2D eigenvalue weighted by Crippen LogP contribution is 2.19. The maximum absolute atomic E-state index is 10.4. The second-order valence-corrected chi connectivity index (χ2v) is 7.87. The predicted molar refractivity (Wildman–Crippen MR) is 84.6 cm³/mol. The van der Waals surface area contributed by atoms with E-state index in [1.807, 2.05) is 6.92 Å². The van der Waals surface area contributed by atoms with Crippen molar-refractivity contribution in [1.82, 2.24) is 0 Å². The van der Waals surface area contributed by atoms with E-state index >= 15 is 0 Å². The van der Waals surface area contributed by atoms with Crippen LogP contribution in [-0.2, 0) is 13.3 Å². The summed E-state index contributed by atoms with van der Waals surface area (Å²) in [6.45, 7) is 10.1. The van der Waals surface area contributed by atoms with Crippen LogP contribution < -0.4 is 0 Å². The standard InChI is InChI=1S/C15H34O4Si/c1-5-9-12-17-20(15(16)8-4,18-13-10-6-2)19-14-11-7-3/h15-16H,5-14H2,1-4H3. The molecule has 0 rings (SSSR count). The van der Waals surface area contributed by atoms with Crippen LogP contribution in [0.5, 0.6) is 0 Å². The quantitative estimate of drug-likeness (QED) is 0.393. The molecule has 20 heavy (non-hydrogen) atoms. The molecule has 0 heterocycles. The Hall–Kier alpha value is 0.0569. The molecule has 0 aliphatic rings. The zero-order valence-electron chi connectivity index (χ0n) is 13.8. The third-order valence-corrected chi connectivity index (χ3v) is 6.24. The van der Waals surface area contributed by atoms with Crippen LogP contribution in [0.4, 0.5) is 0 Å². The summed E-state index contributed by atoms with van der Waals surface area (Å²) < 4.78 is 17.9. The summed E-state index contributed by atoms with van der Waals surface area (Å²) in [5.41, 5.74) is -0.618. The number of hydrogen-bond donors (Lipinski definition) is 1. The number of hydrogen-bond acceptors (Lipinski definition) is 4. The fourth-order valence-corrected chi connectivity index (χ4v) is 4.35. The van der Waals surface area contributed by atoms with Crippen molar-refractivity contribution in [2.75, 3.05) is 19.8 Å². The van der Waals surface area contributed by atoms with E-state index in [0.717, 1.165) is 38.5 Å². The van der Waals surface area contributed by atoms with Crippen molar-refractivity contribution < 1.29 is 18.4 Å². The van der Waals surface area contributed by atoms with Gasteiger partial charge in [-0.05, 0) is 25.7 Å². The van der Waals surface area contributed by atoms with E-state index in [1.54, 1.807) is 0 Å². The molecule has 0 amide bonds. The van der Waals surface area contributed by atoms with Crippen molar-refractivity contribution in [2.45, 2.75) is 78.4 Å². The molecular formula is C15H34O4Si. The minimum atomic E-state index is -2.96. The van der Waals surface area contributed by atoms with E-state index in [1.165, 1.54) is 0 Å². The first-order valence-corrected chi connectivity index (χ1v) is 10.1. The van der Waals surface area contributed by atoms with Gasteiger partial charge in [0.2, 0.25) is 0 Å². The van der Waals surface area contributed by atoms with E-state index in [-0.39, 0.29) is 0 Å². The van der Waals surface area contributed by atoms with Crippen LogP contribution in [0.15, 0.2) is 0 Å². The Balaban J connectivity index is 4.66. The lowest BCUT2D eigenvalue weighted by molar-refractivity contribution is 0.0107. The minimum Gasteiger partial charge on any atom is -0.389 e. The SMILES string of the molecule is CCCCO[Si](OCCCC)(OCCCC)C(O)CC. The minimum absolute atomic E-state index is 0.608. The van der Waals surface area contributed by atoms with Gasteiger partial charge >= 0.3 is 8.80 Å². The molecular weight excluding hydrogens is 272 g/mol. The Bertz CT molecular complexity index is 188. The van der Waals surface area contributed by atoms with Gasteiger partial charge in [0.15, 0.2) is 0 Å². The summed E-state index contributed by atoms with van der Waals surface area (Å²) in [4.78, 5) is 0. The number of rotatable bonds is 14. The van der Waals surface area contributed by atoms with Gasteiger partial charge in [0.25, 0.3) is 0 Å². The second kappa shape index (κ2) is 12.8. The third kappa shape index (κ3) is 7.74. The topological polar surface area (TPSA) is 47.9 Å². The number of aliphatic hydroxyl groups is 1. The highest BCUT2D eigenvalue weighted by molar-refractivity contribution is 6.62. The molecule has 0 aliphatic carbocycles. The van der Waals surface area contributed by atoms with Crippen molar-refractivity contribution in [3.05, 3.63) is 0 Å². The van der Waals surface area contributed by atoms with Crippen molar-refractivity contribution in [2.24, 2.45) is 0 Å². The van der Waals surface area contributed by atoms with Gasteiger partial charge in [0, 0.05) is 19.8 Å². The average molecular weight is 307 g/mol. The van der Waals surface area contributed by atoms with Crippen molar-refractivity contribution in [3.63, 3.8) is 0 Å². The second-order valence-electron chi connectivity index (χ2n) is 5.13. The van der Waals surface area contributed by atoms with Crippen LogP contribution in [0.1, 0.15) is 72.6 Å². The molecule has 0 saturated heterocycles. The lowest BCUT2D eigenvalue weighted by atomic mass is 10.4. The molecule has 0 aromatic rings. The highest BCUT2D eigenvalue weighted by atomic mass is 28.4. The zero-order valence-corrected chi connectivity index (χ0v) is 14.8. The van der Waals surface area contributed by atoms with Crippen LogP contribution in [-0.4, -0.2) is 39.5 Å². The Morgan fingerprint density at radius 3 is 1.35 bits per heavy atom. The Morgan fingerprint density at radius 2 is 1.10 bits per heavy atom. The monoisotopic (exact) mass is 306 g/mol. The van der Waals surface area contributed by atoms with E-state index in [9.17, 15) is 5.11 Å². The van der Waals surface area contributed by atoms with Gasteiger partial charge in [0.1, 0.15) is 5.73 Å². The number of unbranched alkanes of at least 4 members (excludes halogenated alkanes) is 3. The largest absolute Gasteiger partial charge is 0.531 e. The van der Waals surface area contributed by atoms with Gasteiger partial charge in [-0.15, -0.1) is 0 Å². The lowest BCUT2D eigenvalue weighted by Gasteiger charge is -2.33. The summed E-state index contributed by atoms with van der Waals surface area (Å²) in [6, 6.07) is 0.